The van der Waals surface area contributed by atoms with Gasteiger partial charge in [-0.3, -0.25) is 9.59 Å². The molecule has 2 amide bonds. The van der Waals surface area contributed by atoms with Crippen molar-refractivity contribution in [2.75, 3.05) is 62.4 Å². The predicted molar refractivity (Wildman–Crippen MR) is 252 cm³/mol. The molecule has 8 nitrogen and oxygen atoms in total. The van der Waals surface area contributed by atoms with Gasteiger partial charge in [0.2, 0.25) is 11.8 Å². The summed E-state index contributed by atoms with van der Waals surface area (Å²) in [6.45, 7) is 16.9. The molecular formula is C53H82N6O2. The second-order valence-corrected chi connectivity index (χ2v) is 21.2. The van der Waals surface area contributed by atoms with Crippen LogP contribution in [0, 0.1) is 23.7 Å². The predicted octanol–water partition coefficient (Wildman–Crippen LogP) is 10.4. The van der Waals surface area contributed by atoms with Gasteiger partial charge >= 0.3 is 0 Å². The van der Waals surface area contributed by atoms with Crippen molar-refractivity contribution in [2.45, 2.75) is 173 Å². The number of carbonyl (C=O) groups excluding carboxylic acids is 2. The van der Waals surface area contributed by atoms with Crippen LogP contribution in [0.2, 0.25) is 0 Å². The average molecular weight is 835 g/mol. The molecule has 2 spiro atoms. The van der Waals surface area contributed by atoms with Crippen molar-refractivity contribution in [2.24, 2.45) is 23.7 Å². The molecule has 0 N–H and O–H groups in total. The summed E-state index contributed by atoms with van der Waals surface area (Å²) in [6, 6.07) is 22.9. The number of amides is 2. The van der Waals surface area contributed by atoms with Crippen LogP contribution in [0.5, 0.6) is 0 Å². The van der Waals surface area contributed by atoms with E-state index in [1.54, 1.807) is 0 Å². The number of rotatable bonds is 16. The molecule has 2 saturated carbocycles. The van der Waals surface area contributed by atoms with Crippen LogP contribution in [0.25, 0.3) is 0 Å². The molecule has 8 heteroatoms. The average Bonchev–Trinajstić information content (AvgIpc) is 3.71. The molecule has 2 aliphatic carbocycles. The quantitative estimate of drug-likeness (QED) is 0.157. The lowest BCUT2D eigenvalue weighted by atomic mass is 9.78. The van der Waals surface area contributed by atoms with Crippen LogP contribution < -0.4 is 9.80 Å². The number of piperidine rings is 2. The highest BCUT2D eigenvalue weighted by atomic mass is 16.2. The molecule has 2 aromatic carbocycles. The molecule has 0 aromatic heterocycles. The number of anilines is 2. The van der Waals surface area contributed by atoms with E-state index in [0.29, 0.717) is 23.9 Å². The molecule has 6 fully saturated rings. The second kappa shape index (κ2) is 20.2. The van der Waals surface area contributed by atoms with Crippen molar-refractivity contribution in [1.29, 1.82) is 0 Å². The Morgan fingerprint density at radius 2 is 0.803 bits per heavy atom. The van der Waals surface area contributed by atoms with E-state index in [0.717, 1.165) is 115 Å². The zero-order chi connectivity index (χ0) is 42.4. The second-order valence-electron chi connectivity index (χ2n) is 21.2. The fourth-order valence-electron chi connectivity index (χ4n) is 13.0. The third-order valence-electron chi connectivity index (χ3n) is 17.2. The fraction of sp³-hybridized carbons (Fsp3) is 0.736. The molecule has 61 heavy (non-hydrogen) atoms. The van der Waals surface area contributed by atoms with E-state index in [9.17, 15) is 9.59 Å². The first-order valence-corrected chi connectivity index (χ1v) is 25.4. The maximum absolute atomic E-state index is 14.4. The van der Waals surface area contributed by atoms with Gasteiger partial charge in [-0.25, -0.2) is 0 Å². The Bertz CT molecular complexity index is 1540. The molecule has 6 aliphatic rings. The van der Waals surface area contributed by atoms with Crippen molar-refractivity contribution in [3.63, 3.8) is 0 Å². The van der Waals surface area contributed by atoms with Gasteiger partial charge in [0.1, 0.15) is 11.1 Å². The minimum atomic E-state index is -0.398. The molecule has 4 saturated heterocycles. The van der Waals surface area contributed by atoms with Crippen LogP contribution in [-0.2, 0) is 9.59 Å². The third-order valence-corrected chi connectivity index (χ3v) is 17.2. The minimum absolute atomic E-state index is 0.373. The van der Waals surface area contributed by atoms with E-state index in [-0.39, 0.29) is 0 Å². The SMILES string of the molecule is CC(C)C1CCC(N2CCC3(CC2)C(=O)N(CCCCCCCCCN2CN(c4ccccc4)C4(CCN(C5CCC(C(C)C)CC5)CC4)C2=O)CN3c2ccccc2)CC1. The first kappa shape index (κ1) is 44.5. The van der Waals surface area contributed by atoms with E-state index in [2.05, 4.69) is 118 Å². The van der Waals surface area contributed by atoms with Crippen molar-refractivity contribution in [1.82, 2.24) is 19.6 Å². The van der Waals surface area contributed by atoms with Crippen molar-refractivity contribution < 1.29 is 9.59 Å². The monoisotopic (exact) mass is 835 g/mol. The summed E-state index contributed by atoms with van der Waals surface area (Å²) in [5, 5.41) is 0. The molecule has 4 heterocycles. The number of para-hydroxylation sites is 2. The Balaban J connectivity index is 0.763. The maximum atomic E-state index is 14.4. The molecule has 0 atom stereocenters. The van der Waals surface area contributed by atoms with Crippen molar-refractivity contribution in [3.05, 3.63) is 60.7 Å². The zero-order valence-electron chi connectivity index (χ0n) is 38.8. The fourth-order valence-corrected chi connectivity index (χ4v) is 13.0. The molecule has 2 aromatic rings. The van der Waals surface area contributed by atoms with Gasteiger partial charge in [0.15, 0.2) is 0 Å². The summed E-state index contributed by atoms with van der Waals surface area (Å²) in [5.74, 6) is 4.11. The van der Waals surface area contributed by atoms with Gasteiger partial charge in [0.25, 0.3) is 0 Å². The Morgan fingerprint density at radius 3 is 1.13 bits per heavy atom. The molecule has 336 valence electrons. The summed E-state index contributed by atoms with van der Waals surface area (Å²) < 4.78 is 0. The lowest BCUT2D eigenvalue weighted by molar-refractivity contribution is -0.134. The highest BCUT2D eigenvalue weighted by Gasteiger charge is 2.55. The van der Waals surface area contributed by atoms with Crippen LogP contribution in [-0.4, -0.2) is 107 Å². The summed E-state index contributed by atoms with van der Waals surface area (Å²) in [6.07, 6.45) is 22.6. The van der Waals surface area contributed by atoms with Gasteiger partial charge in [-0.2, -0.15) is 0 Å². The van der Waals surface area contributed by atoms with Crippen molar-refractivity contribution >= 4 is 23.2 Å². The number of likely N-dealkylation sites (tertiary alicyclic amines) is 2. The normalized spacial score (nSPS) is 27.4. The van der Waals surface area contributed by atoms with Crippen LogP contribution in [0.1, 0.15) is 150 Å². The maximum Gasteiger partial charge on any atom is 0.250 e. The van der Waals surface area contributed by atoms with E-state index < -0.39 is 11.1 Å². The van der Waals surface area contributed by atoms with E-state index in [4.69, 9.17) is 0 Å². The number of hydrogen-bond donors (Lipinski definition) is 0. The van der Waals surface area contributed by atoms with E-state index in [1.807, 2.05) is 0 Å². The Morgan fingerprint density at radius 1 is 0.475 bits per heavy atom. The first-order chi connectivity index (χ1) is 29.7. The summed E-state index contributed by atoms with van der Waals surface area (Å²) >= 11 is 0. The van der Waals surface area contributed by atoms with Crippen LogP contribution in [0.15, 0.2) is 60.7 Å². The van der Waals surface area contributed by atoms with Crippen LogP contribution in [0.4, 0.5) is 11.4 Å². The van der Waals surface area contributed by atoms with Gasteiger partial charge in [-0.05, 0) is 138 Å². The number of nitrogens with zero attached hydrogens (tertiary/aromatic N) is 6. The molecule has 8 rings (SSSR count). The number of benzene rings is 2. The zero-order valence-corrected chi connectivity index (χ0v) is 38.8. The smallest absolute Gasteiger partial charge is 0.250 e. The lowest BCUT2D eigenvalue weighted by Crippen LogP contribution is -2.58. The number of hydrogen-bond acceptors (Lipinski definition) is 6. The Hall–Kier alpha value is -3.10. The van der Waals surface area contributed by atoms with Crippen LogP contribution >= 0.6 is 0 Å². The minimum Gasteiger partial charge on any atom is -0.339 e. The molecule has 4 aliphatic heterocycles. The molecule has 0 radical (unpaired) electrons. The lowest BCUT2D eigenvalue weighted by Gasteiger charge is -2.47. The Kier molecular flexibility index (Phi) is 14.7. The number of carbonyl (C=O) groups is 2. The van der Waals surface area contributed by atoms with Gasteiger partial charge in [0, 0.05) is 62.7 Å². The number of unbranched alkanes of at least 4 members (excludes halogenated alkanes) is 6. The molecule has 0 unspecified atom stereocenters. The van der Waals surface area contributed by atoms with Gasteiger partial charge in [0.05, 0.1) is 13.3 Å². The van der Waals surface area contributed by atoms with Crippen LogP contribution in [0.3, 0.4) is 0 Å². The van der Waals surface area contributed by atoms with Crippen molar-refractivity contribution in [3.8, 4) is 0 Å². The third kappa shape index (κ3) is 9.71. The largest absolute Gasteiger partial charge is 0.339 e. The van der Waals surface area contributed by atoms with E-state index >= 15 is 0 Å². The standard InChI is InChI=1S/C53H82N6O2/c1-42(2)44-22-26-46(27-23-44)54-36-30-52(31-37-54)50(60)56(40-58(52)48-18-12-10-13-19-48)34-16-8-6-5-7-9-17-35-57-41-59(49-20-14-11-15-21-49)53(51(57)61)32-38-55(39-33-53)47-28-24-45(25-29-47)43(3)4/h10-15,18-21,42-47H,5-9,16-17,22-41H2,1-4H3. The topological polar surface area (TPSA) is 53.6 Å². The molecular weight excluding hydrogens is 753 g/mol. The van der Waals surface area contributed by atoms with Gasteiger partial charge < -0.3 is 29.4 Å². The molecule has 0 bridgehead atoms. The summed E-state index contributed by atoms with van der Waals surface area (Å²) in [4.78, 5) is 43.6. The highest BCUT2D eigenvalue weighted by molar-refractivity contribution is 5.94. The van der Waals surface area contributed by atoms with E-state index in [1.165, 1.54) is 94.8 Å². The van der Waals surface area contributed by atoms with Gasteiger partial charge in [-0.1, -0.05) is 96.2 Å². The first-order valence-electron chi connectivity index (χ1n) is 25.4. The summed E-state index contributed by atoms with van der Waals surface area (Å²) in [5.41, 5.74) is 1.60. The Labute approximate surface area is 370 Å². The highest BCUT2D eigenvalue weighted by Crippen LogP contribution is 2.44. The summed E-state index contributed by atoms with van der Waals surface area (Å²) in [7, 11) is 0. The van der Waals surface area contributed by atoms with Gasteiger partial charge in [-0.15, -0.1) is 0 Å².